The Balaban J connectivity index is 1.55. The van der Waals surface area contributed by atoms with Crippen molar-refractivity contribution in [1.82, 2.24) is 9.80 Å². The van der Waals surface area contributed by atoms with Gasteiger partial charge in [-0.3, -0.25) is 9.69 Å². The molecular formula is C25H28N2O2S. The number of nitrogens with zero attached hydrogens (tertiary/aromatic N) is 2. The molecule has 0 aliphatic carbocycles. The molecule has 4 rings (SSSR count). The van der Waals surface area contributed by atoms with Crippen molar-refractivity contribution in [2.24, 2.45) is 0 Å². The van der Waals surface area contributed by atoms with E-state index in [1.807, 2.05) is 23.1 Å². The van der Waals surface area contributed by atoms with Gasteiger partial charge in [-0.25, -0.2) is 0 Å². The third-order valence-corrected chi connectivity index (χ3v) is 6.78. The summed E-state index contributed by atoms with van der Waals surface area (Å²) in [4.78, 5) is 18.5. The average molecular weight is 421 g/mol. The Morgan fingerprint density at radius 3 is 2.43 bits per heavy atom. The maximum absolute atomic E-state index is 13.1. The molecule has 1 amide bonds. The van der Waals surface area contributed by atoms with E-state index in [1.165, 1.54) is 16.0 Å². The standard InChI is InChI=1S/C25H28N2O2S/c1-26-12-13-27(17-23(26)11-14-28)25(29)22-6-5-20-15-19(3-4-21(20)16-22)18-7-9-24(30-2)10-8-18/h3-10,15-16,23,28H,11-14,17H2,1-2H3. The fourth-order valence-corrected chi connectivity index (χ4v) is 4.52. The summed E-state index contributed by atoms with van der Waals surface area (Å²) >= 11 is 1.74. The molecule has 156 valence electrons. The summed E-state index contributed by atoms with van der Waals surface area (Å²) in [5, 5.41) is 11.5. The van der Waals surface area contributed by atoms with Gasteiger partial charge in [-0.05, 0) is 72.0 Å². The maximum atomic E-state index is 13.1. The molecule has 1 saturated heterocycles. The molecule has 3 aromatic rings. The maximum Gasteiger partial charge on any atom is 0.253 e. The molecule has 1 N–H and O–H groups in total. The number of likely N-dealkylation sites (N-methyl/N-ethyl adjacent to an activating group) is 1. The summed E-state index contributed by atoms with van der Waals surface area (Å²) in [6.07, 6.45) is 2.78. The van der Waals surface area contributed by atoms with E-state index in [2.05, 4.69) is 60.7 Å². The molecule has 1 heterocycles. The highest BCUT2D eigenvalue weighted by Crippen LogP contribution is 2.27. The van der Waals surface area contributed by atoms with E-state index in [0.717, 1.165) is 29.4 Å². The Labute approximate surface area is 182 Å². The predicted octanol–water partition coefficient (Wildman–Crippen LogP) is 4.37. The molecule has 1 atom stereocenters. The molecule has 5 heteroatoms. The van der Waals surface area contributed by atoms with Crippen LogP contribution < -0.4 is 0 Å². The number of carbonyl (C=O) groups is 1. The second-order valence-electron chi connectivity index (χ2n) is 7.90. The molecule has 0 saturated carbocycles. The summed E-state index contributed by atoms with van der Waals surface area (Å²) in [6.45, 7) is 2.37. The lowest BCUT2D eigenvalue weighted by Gasteiger charge is -2.39. The van der Waals surface area contributed by atoms with Crippen molar-refractivity contribution in [2.75, 3.05) is 39.5 Å². The molecule has 0 bridgehead atoms. The van der Waals surface area contributed by atoms with Crippen molar-refractivity contribution in [2.45, 2.75) is 17.4 Å². The number of hydrogen-bond donors (Lipinski definition) is 1. The summed E-state index contributed by atoms with van der Waals surface area (Å²) in [5.74, 6) is 0.0738. The van der Waals surface area contributed by atoms with Crippen LogP contribution in [0.15, 0.2) is 65.6 Å². The number of thioether (sulfide) groups is 1. The molecule has 1 unspecified atom stereocenters. The smallest absolute Gasteiger partial charge is 0.253 e. The molecule has 0 aromatic heterocycles. The highest BCUT2D eigenvalue weighted by atomic mass is 32.2. The van der Waals surface area contributed by atoms with Crippen LogP contribution in [-0.4, -0.2) is 66.4 Å². The summed E-state index contributed by atoms with van der Waals surface area (Å²) in [6, 6.07) is 21.2. The topological polar surface area (TPSA) is 43.8 Å². The largest absolute Gasteiger partial charge is 0.396 e. The number of aliphatic hydroxyl groups is 1. The summed E-state index contributed by atoms with van der Waals surface area (Å²) in [5.41, 5.74) is 3.11. The molecule has 0 radical (unpaired) electrons. The van der Waals surface area contributed by atoms with Gasteiger partial charge in [0.25, 0.3) is 5.91 Å². The first-order valence-electron chi connectivity index (χ1n) is 10.4. The number of amides is 1. The molecule has 1 aliphatic heterocycles. The fraction of sp³-hybridized carbons (Fsp3) is 0.320. The summed E-state index contributed by atoms with van der Waals surface area (Å²) in [7, 11) is 2.06. The lowest BCUT2D eigenvalue weighted by Crippen LogP contribution is -2.53. The van der Waals surface area contributed by atoms with Crippen molar-refractivity contribution in [3.05, 3.63) is 66.2 Å². The van der Waals surface area contributed by atoms with Gasteiger partial charge >= 0.3 is 0 Å². The van der Waals surface area contributed by atoms with Crippen LogP contribution in [0.2, 0.25) is 0 Å². The average Bonchev–Trinajstić information content (AvgIpc) is 2.79. The lowest BCUT2D eigenvalue weighted by molar-refractivity contribution is 0.0501. The molecule has 0 spiro atoms. The van der Waals surface area contributed by atoms with Gasteiger partial charge in [-0.15, -0.1) is 11.8 Å². The third kappa shape index (κ3) is 4.38. The minimum atomic E-state index is 0.0738. The van der Waals surface area contributed by atoms with Gasteiger partial charge in [0.2, 0.25) is 0 Å². The molecular weight excluding hydrogens is 392 g/mol. The first-order valence-corrected chi connectivity index (χ1v) is 11.6. The van der Waals surface area contributed by atoms with Gasteiger partial charge in [0, 0.05) is 42.7 Å². The summed E-state index contributed by atoms with van der Waals surface area (Å²) < 4.78 is 0. The Morgan fingerprint density at radius 2 is 1.70 bits per heavy atom. The van der Waals surface area contributed by atoms with Crippen molar-refractivity contribution < 1.29 is 9.90 Å². The van der Waals surface area contributed by atoms with E-state index in [9.17, 15) is 9.90 Å². The molecule has 3 aromatic carbocycles. The first-order chi connectivity index (χ1) is 14.6. The lowest BCUT2D eigenvalue weighted by atomic mass is 9.99. The van der Waals surface area contributed by atoms with Crippen LogP contribution in [0.1, 0.15) is 16.8 Å². The number of hydrogen-bond acceptors (Lipinski definition) is 4. The Kier molecular flexibility index (Phi) is 6.42. The van der Waals surface area contributed by atoms with Crippen LogP contribution in [0, 0.1) is 0 Å². The van der Waals surface area contributed by atoms with Crippen LogP contribution in [0.5, 0.6) is 0 Å². The molecule has 30 heavy (non-hydrogen) atoms. The second kappa shape index (κ2) is 9.21. The van der Waals surface area contributed by atoms with Crippen LogP contribution in [0.4, 0.5) is 0 Å². The zero-order valence-corrected chi connectivity index (χ0v) is 18.4. The van der Waals surface area contributed by atoms with Crippen molar-refractivity contribution in [3.63, 3.8) is 0 Å². The number of aliphatic hydroxyl groups excluding tert-OH is 1. The van der Waals surface area contributed by atoms with E-state index in [0.29, 0.717) is 13.0 Å². The monoisotopic (exact) mass is 420 g/mol. The van der Waals surface area contributed by atoms with Crippen LogP contribution >= 0.6 is 11.8 Å². The van der Waals surface area contributed by atoms with Gasteiger partial charge in [0.05, 0.1) is 0 Å². The molecule has 1 fully saturated rings. The van der Waals surface area contributed by atoms with Gasteiger partial charge in [0.15, 0.2) is 0 Å². The Hall–Kier alpha value is -2.34. The van der Waals surface area contributed by atoms with Gasteiger partial charge in [-0.1, -0.05) is 30.3 Å². The van der Waals surface area contributed by atoms with Crippen molar-refractivity contribution in [1.29, 1.82) is 0 Å². The number of piperazine rings is 1. The van der Waals surface area contributed by atoms with E-state index >= 15 is 0 Å². The number of rotatable bonds is 5. The first kappa shape index (κ1) is 20.9. The highest BCUT2D eigenvalue weighted by Gasteiger charge is 2.27. The molecule has 1 aliphatic rings. The van der Waals surface area contributed by atoms with Crippen LogP contribution in [0.25, 0.3) is 21.9 Å². The second-order valence-corrected chi connectivity index (χ2v) is 8.78. The zero-order chi connectivity index (χ0) is 21.1. The van der Waals surface area contributed by atoms with E-state index < -0.39 is 0 Å². The van der Waals surface area contributed by atoms with E-state index in [4.69, 9.17) is 0 Å². The van der Waals surface area contributed by atoms with E-state index in [-0.39, 0.29) is 18.6 Å². The quantitative estimate of drug-likeness (QED) is 0.623. The fourth-order valence-electron chi connectivity index (χ4n) is 4.12. The van der Waals surface area contributed by atoms with Crippen LogP contribution in [-0.2, 0) is 0 Å². The highest BCUT2D eigenvalue weighted by molar-refractivity contribution is 7.98. The Bertz CT molecular complexity index is 1040. The van der Waals surface area contributed by atoms with Crippen LogP contribution in [0.3, 0.4) is 0 Å². The molecule has 4 nitrogen and oxygen atoms in total. The zero-order valence-electron chi connectivity index (χ0n) is 17.5. The number of benzene rings is 3. The van der Waals surface area contributed by atoms with Crippen molar-refractivity contribution >= 4 is 28.4 Å². The SMILES string of the molecule is CSc1ccc(-c2ccc3cc(C(=O)N4CCN(C)C(CCO)C4)ccc3c2)cc1. The van der Waals surface area contributed by atoms with Gasteiger partial charge in [0.1, 0.15) is 0 Å². The Morgan fingerprint density at radius 1 is 1.00 bits per heavy atom. The third-order valence-electron chi connectivity index (χ3n) is 6.04. The minimum absolute atomic E-state index is 0.0738. The van der Waals surface area contributed by atoms with E-state index in [1.54, 1.807) is 11.8 Å². The number of carbonyl (C=O) groups excluding carboxylic acids is 1. The number of fused-ring (bicyclic) bond motifs is 1. The van der Waals surface area contributed by atoms with Gasteiger partial charge in [-0.2, -0.15) is 0 Å². The minimum Gasteiger partial charge on any atom is -0.396 e. The normalized spacial score (nSPS) is 17.4. The van der Waals surface area contributed by atoms with Crippen molar-refractivity contribution in [3.8, 4) is 11.1 Å². The van der Waals surface area contributed by atoms with Gasteiger partial charge < -0.3 is 10.0 Å². The predicted molar refractivity (Wildman–Crippen MR) is 125 cm³/mol.